The second kappa shape index (κ2) is 4.50. The Kier molecular flexibility index (Phi) is 3.22. The summed E-state index contributed by atoms with van der Waals surface area (Å²) in [5.41, 5.74) is 1.15. The Morgan fingerprint density at radius 1 is 1.41 bits per heavy atom. The molecular weight excluding hydrogens is 240 g/mol. The molecule has 6 heteroatoms. The van der Waals surface area contributed by atoms with Crippen LogP contribution in [0, 0.1) is 0 Å². The summed E-state index contributed by atoms with van der Waals surface area (Å²) in [6, 6.07) is 0.135. The zero-order valence-electron chi connectivity index (χ0n) is 10.0. The van der Waals surface area contributed by atoms with Crippen LogP contribution < -0.4 is 0 Å². The smallest absolute Gasteiger partial charge is 0.140 e. The van der Waals surface area contributed by atoms with E-state index in [2.05, 4.69) is 10.1 Å². The van der Waals surface area contributed by atoms with Crippen LogP contribution in [0.1, 0.15) is 37.4 Å². The predicted molar refractivity (Wildman–Crippen MR) is 64.9 cm³/mol. The highest BCUT2D eigenvalue weighted by atomic mass is 35.5. The lowest BCUT2D eigenvalue weighted by molar-refractivity contribution is 0.201. The molecule has 2 rings (SSSR count). The number of nitrogens with zero attached hydrogens (tertiary/aromatic N) is 4. The maximum atomic E-state index is 10.3. The highest BCUT2D eigenvalue weighted by Crippen LogP contribution is 2.28. The van der Waals surface area contributed by atoms with Gasteiger partial charge >= 0.3 is 0 Å². The van der Waals surface area contributed by atoms with Crippen LogP contribution in [-0.4, -0.2) is 24.4 Å². The predicted octanol–water partition coefficient (Wildman–Crippen LogP) is 1.93. The third kappa shape index (κ3) is 2.21. The van der Waals surface area contributed by atoms with E-state index in [0.29, 0.717) is 16.4 Å². The largest absolute Gasteiger partial charge is 0.380 e. The van der Waals surface area contributed by atoms with Crippen LogP contribution in [0.15, 0.2) is 18.7 Å². The van der Waals surface area contributed by atoms with E-state index in [1.54, 1.807) is 28.0 Å². The van der Waals surface area contributed by atoms with E-state index in [-0.39, 0.29) is 6.04 Å². The van der Waals surface area contributed by atoms with Gasteiger partial charge in [0.1, 0.15) is 6.10 Å². The van der Waals surface area contributed by atoms with Crippen molar-refractivity contribution in [2.24, 2.45) is 7.05 Å². The first-order chi connectivity index (χ1) is 8.00. The molecule has 2 heterocycles. The van der Waals surface area contributed by atoms with Gasteiger partial charge in [-0.2, -0.15) is 5.10 Å². The minimum absolute atomic E-state index is 0.135. The van der Waals surface area contributed by atoms with Crippen molar-refractivity contribution in [3.05, 3.63) is 35.1 Å². The van der Waals surface area contributed by atoms with Crippen molar-refractivity contribution < 1.29 is 5.11 Å². The quantitative estimate of drug-likeness (QED) is 0.911. The number of hydrogen-bond donors (Lipinski definition) is 1. The van der Waals surface area contributed by atoms with Gasteiger partial charge < -0.3 is 9.67 Å². The molecule has 2 aromatic rings. The number of halogens is 1. The second-order valence-corrected chi connectivity index (χ2v) is 4.69. The van der Waals surface area contributed by atoms with Crippen molar-refractivity contribution in [3.63, 3.8) is 0 Å². The van der Waals surface area contributed by atoms with Crippen LogP contribution in [0.2, 0.25) is 5.02 Å². The van der Waals surface area contributed by atoms with E-state index in [0.717, 1.165) is 0 Å². The van der Waals surface area contributed by atoms with Gasteiger partial charge in [-0.1, -0.05) is 11.6 Å². The van der Waals surface area contributed by atoms with Crippen LogP contribution >= 0.6 is 11.6 Å². The van der Waals surface area contributed by atoms with Crippen LogP contribution in [0.5, 0.6) is 0 Å². The molecule has 2 aromatic heterocycles. The summed E-state index contributed by atoms with van der Waals surface area (Å²) in [6.07, 6.45) is 4.10. The Morgan fingerprint density at radius 3 is 2.65 bits per heavy atom. The van der Waals surface area contributed by atoms with Crippen LogP contribution in [0.4, 0.5) is 0 Å². The van der Waals surface area contributed by atoms with E-state index >= 15 is 0 Å². The topological polar surface area (TPSA) is 55.9 Å². The van der Waals surface area contributed by atoms with E-state index in [4.69, 9.17) is 11.6 Å². The number of imidazole rings is 1. The molecule has 0 fully saturated rings. The normalized spacial score (nSPS) is 13.3. The highest BCUT2D eigenvalue weighted by Gasteiger charge is 2.22. The molecule has 0 bridgehead atoms. The van der Waals surface area contributed by atoms with Gasteiger partial charge in [-0.25, -0.2) is 4.98 Å². The zero-order valence-corrected chi connectivity index (χ0v) is 10.8. The minimum Gasteiger partial charge on any atom is -0.380 e. The first-order valence-electron chi connectivity index (χ1n) is 5.39. The third-order valence-corrected chi connectivity index (χ3v) is 2.83. The van der Waals surface area contributed by atoms with Gasteiger partial charge in [0.05, 0.1) is 28.9 Å². The molecule has 5 nitrogen and oxygen atoms in total. The fraction of sp³-hybridized carbons (Fsp3) is 0.455. The van der Waals surface area contributed by atoms with Gasteiger partial charge in [0.15, 0.2) is 0 Å². The minimum atomic E-state index is -0.853. The van der Waals surface area contributed by atoms with Crippen molar-refractivity contribution in [1.82, 2.24) is 19.3 Å². The summed E-state index contributed by atoms with van der Waals surface area (Å²) >= 11 is 6.06. The zero-order chi connectivity index (χ0) is 12.6. The molecule has 92 valence electrons. The summed E-state index contributed by atoms with van der Waals surface area (Å²) < 4.78 is 3.49. The Hall–Kier alpha value is -1.33. The lowest BCUT2D eigenvalue weighted by Crippen LogP contribution is -2.12. The number of aromatic nitrogens is 4. The average molecular weight is 255 g/mol. The molecule has 0 spiro atoms. The molecule has 0 aliphatic heterocycles. The Bertz CT molecular complexity index is 517. The van der Waals surface area contributed by atoms with E-state index in [9.17, 15) is 5.11 Å². The Morgan fingerprint density at radius 2 is 2.12 bits per heavy atom. The van der Waals surface area contributed by atoms with Crippen molar-refractivity contribution in [2.45, 2.75) is 26.0 Å². The molecule has 0 saturated carbocycles. The number of aliphatic hydroxyl groups excluding tert-OH is 1. The highest BCUT2D eigenvalue weighted by molar-refractivity contribution is 6.31. The van der Waals surface area contributed by atoms with Gasteiger partial charge in [0.2, 0.25) is 0 Å². The summed E-state index contributed by atoms with van der Waals surface area (Å²) in [5, 5.41) is 14.9. The fourth-order valence-electron chi connectivity index (χ4n) is 1.73. The van der Waals surface area contributed by atoms with Gasteiger partial charge in [0, 0.05) is 19.3 Å². The van der Waals surface area contributed by atoms with Crippen molar-refractivity contribution >= 4 is 11.6 Å². The van der Waals surface area contributed by atoms with Crippen molar-refractivity contribution in [3.8, 4) is 0 Å². The number of aryl methyl sites for hydroxylation is 1. The summed E-state index contributed by atoms with van der Waals surface area (Å²) in [4.78, 5) is 4.13. The molecule has 1 N–H and O–H groups in total. The standard InChI is InChI=1S/C11H15ClN4O/c1-7(2)16-10(8(12)4-14-16)11(17)9-5-15(3)6-13-9/h4-7,11,17H,1-3H3. The van der Waals surface area contributed by atoms with E-state index in [1.165, 1.54) is 0 Å². The maximum absolute atomic E-state index is 10.3. The van der Waals surface area contributed by atoms with Gasteiger partial charge in [-0.05, 0) is 13.8 Å². The maximum Gasteiger partial charge on any atom is 0.140 e. The SMILES string of the molecule is CC(C)n1ncc(Cl)c1C(O)c1cn(C)cn1. The number of aliphatic hydroxyl groups is 1. The summed E-state index contributed by atoms with van der Waals surface area (Å²) in [7, 11) is 1.85. The number of hydrogen-bond acceptors (Lipinski definition) is 3. The van der Waals surface area contributed by atoms with Crippen molar-refractivity contribution in [1.29, 1.82) is 0 Å². The van der Waals surface area contributed by atoms with Gasteiger partial charge in [-0.3, -0.25) is 4.68 Å². The van der Waals surface area contributed by atoms with Crippen molar-refractivity contribution in [2.75, 3.05) is 0 Å². The molecule has 0 amide bonds. The lowest BCUT2D eigenvalue weighted by Gasteiger charge is -2.14. The monoisotopic (exact) mass is 254 g/mol. The molecule has 0 saturated heterocycles. The number of rotatable bonds is 3. The first kappa shape index (κ1) is 12.1. The molecule has 1 unspecified atom stereocenters. The molecule has 0 aliphatic carbocycles. The van der Waals surface area contributed by atoms with Crippen LogP contribution in [0.3, 0.4) is 0 Å². The fourth-order valence-corrected chi connectivity index (χ4v) is 1.97. The first-order valence-corrected chi connectivity index (χ1v) is 5.77. The lowest BCUT2D eigenvalue weighted by atomic mass is 10.2. The average Bonchev–Trinajstić information content (AvgIpc) is 2.83. The molecule has 17 heavy (non-hydrogen) atoms. The molecule has 0 aromatic carbocycles. The third-order valence-electron chi connectivity index (χ3n) is 2.54. The van der Waals surface area contributed by atoms with Crippen LogP contribution in [-0.2, 0) is 7.05 Å². The van der Waals surface area contributed by atoms with E-state index in [1.807, 2.05) is 20.9 Å². The second-order valence-electron chi connectivity index (χ2n) is 4.28. The Balaban J connectivity index is 2.43. The van der Waals surface area contributed by atoms with Crippen LogP contribution in [0.25, 0.3) is 0 Å². The van der Waals surface area contributed by atoms with Gasteiger partial charge in [-0.15, -0.1) is 0 Å². The van der Waals surface area contributed by atoms with Gasteiger partial charge in [0.25, 0.3) is 0 Å². The molecular formula is C11H15ClN4O. The summed E-state index contributed by atoms with van der Waals surface area (Å²) in [6.45, 7) is 3.97. The molecule has 1 atom stereocenters. The molecule has 0 radical (unpaired) electrons. The Labute approximate surface area is 105 Å². The van der Waals surface area contributed by atoms with E-state index < -0.39 is 6.10 Å². The molecule has 0 aliphatic rings. The summed E-state index contributed by atoms with van der Waals surface area (Å²) in [5.74, 6) is 0.